The quantitative estimate of drug-likeness (QED) is 0.0420. The van der Waals surface area contributed by atoms with Crippen LogP contribution in [0.15, 0.2) is 72.8 Å². The molecule has 4 N–H and O–H groups in total. The van der Waals surface area contributed by atoms with Gasteiger partial charge in [0.2, 0.25) is 11.6 Å². The maximum Gasteiger partial charge on any atom is 0.224 e. The van der Waals surface area contributed by atoms with Gasteiger partial charge in [0, 0.05) is 30.9 Å². The molecule has 15 nitrogen and oxygen atoms in total. The SMILES string of the molecule is COC(OCCOCCOc1ccc(C(OC)(OCCOCCOc2ccc(C(=O)C(C)(C)O)cc2)C(C)(C)O)cc1)(c1ccc(OCCOCCO)cc1)C(C)(C)O. The van der Waals surface area contributed by atoms with Gasteiger partial charge >= 0.3 is 0 Å². The summed E-state index contributed by atoms with van der Waals surface area (Å²) in [5.74, 6) is -1.63. The molecule has 0 radical (unpaired) electrons. The van der Waals surface area contributed by atoms with E-state index >= 15 is 0 Å². The Labute approximate surface area is 348 Å². The first-order chi connectivity index (χ1) is 27.9. The minimum absolute atomic E-state index is 0.0470. The van der Waals surface area contributed by atoms with E-state index in [9.17, 15) is 20.1 Å². The second-order valence-electron chi connectivity index (χ2n) is 15.0. The maximum absolute atomic E-state index is 12.2. The van der Waals surface area contributed by atoms with Gasteiger partial charge in [0.15, 0.2) is 5.78 Å². The molecule has 330 valence electrons. The van der Waals surface area contributed by atoms with Crippen molar-refractivity contribution in [3.05, 3.63) is 89.5 Å². The molecule has 0 aliphatic rings. The minimum Gasteiger partial charge on any atom is -0.491 e. The standard InChI is InChI=1S/C44H64O15/c1-40(2,47)39(46)33-9-15-36(16-10-33)55-29-24-53-26-31-58-44(51-8,42(5,6)49)35-13-19-38(20-14-35)57-30-25-54-27-32-59-43(50-7,41(3,4)48)34-11-17-37(18-12-34)56-28-23-52-22-21-45/h9-20,45,47-49H,21-32H2,1-8H3. The van der Waals surface area contributed by atoms with E-state index < -0.39 is 28.4 Å². The normalized spacial score (nSPS) is 14.4. The van der Waals surface area contributed by atoms with Gasteiger partial charge in [-0.05, 0) is 114 Å². The fourth-order valence-corrected chi connectivity index (χ4v) is 6.19. The maximum atomic E-state index is 12.2. The summed E-state index contributed by atoms with van der Waals surface area (Å²) >= 11 is 0. The molecule has 0 aromatic heterocycles. The van der Waals surface area contributed by atoms with Crippen molar-refractivity contribution in [2.24, 2.45) is 0 Å². The lowest BCUT2D eigenvalue weighted by molar-refractivity contribution is -0.315. The number of Topliss-reactive ketones (excluding diaryl/α,β-unsaturated/α-hetero) is 1. The number of methoxy groups -OCH3 is 2. The highest BCUT2D eigenvalue weighted by Gasteiger charge is 2.48. The molecule has 2 unspecified atom stereocenters. The highest BCUT2D eigenvalue weighted by Crippen LogP contribution is 2.39. The van der Waals surface area contributed by atoms with Crippen molar-refractivity contribution in [2.45, 2.75) is 69.9 Å². The van der Waals surface area contributed by atoms with Gasteiger partial charge in [-0.25, -0.2) is 0 Å². The molecule has 3 rings (SSSR count). The van der Waals surface area contributed by atoms with Crippen molar-refractivity contribution in [1.29, 1.82) is 0 Å². The average molecular weight is 833 g/mol. The summed E-state index contributed by atoms with van der Waals surface area (Å²) in [7, 11) is 2.93. The van der Waals surface area contributed by atoms with Crippen molar-refractivity contribution >= 4 is 5.78 Å². The van der Waals surface area contributed by atoms with Crippen LogP contribution in [0.2, 0.25) is 0 Å². The van der Waals surface area contributed by atoms with Crippen molar-refractivity contribution in [1.82, 2.24) is 0 Å². The summed E-state index contributed by atoms with van der Waals surface area (Å²) in [6.45, 7) is 11.8. The lowest BCUT2D eigenvalue weighted by Crippen LogP contribution is -2.51. The zero-order chi connectivity index (χ0) is 43.6. The molecule has 0 heterocycles. The Morgan fingerprint density at radius 3 is 1.10 bits per heavy atom. The number of hydrogen-bond donors (Lipinski definition) is 4. The van der Waals surface area contributed by atoms with Gasteiger partial charge in [-0.3, -0.25) is 4.79 Å². The summed E-state index contributed by atoms with van der Waals surface area (Å²) in [6.07, 6.45) is 0. The fraction of sp³-hybridized carbons (Fsp3) is 0.568. The second kappa shape index (κ2) is 23.3. The number of rotatable bonds is 30. The van der Waals surface area contributed by atoms with E-state index in [0.717, 1.165) is 0 Å². The highest BCUT2D eigenvalue weighted by atomic mass is 16.7. The summed E-state index contributed by atoms with van der Waals surface area (Å²) < 4.78 is 57.8. The zero-order valence-electron chi connectivity index (χ0n) is 35.7. The van der Waals surface area contributed by atoms with E-state index in [4.69, 9.17) is 52.5 Å². The van der Waals surface area contributed by atoms with Crippen LogP contribution in [0.1, 0.15) is 63.0 Å². The number of ketones is 1. The van der Waals surface area contributed by atoms with Crippen LogP contribution < -0.4 is 14.2 Å². The largest absolute Gasteiger partial charge is 0.491 e. The Bertz CT molecular complexity index is 1630. The summed E-state index contributed by atoms with van der Waals surface area (Å²) in [5.41, 5.74) is -2.76. The van der Waals surface area contributed by atoms with Crippen LogP contribution in [0.25, 0.3) is 0 Å². The minimum atomic E-state index is -1.51. The summed E-state index contributed by atoms with van der Waals surface area (Å²) in [6, 6.07) is 20.6. The second-order valence-corrected chi connectivity index (χ2v) is 15.0. The fourth-order valence-electron chi connectivity index (χ4n) is 6.19. The van der Waals surface area contributed by atoms with Crippen LogP contribution in [0.3, 0.4) is 0 Å². The topological polar surface area (TPSA) is 190 Å². The molecule has 3 aromatic carbocycles. The number of benzene rings is 3. The molecule has 59 heavy (non-hydrogen) atoms. The van der Waals surface area contributed by atoms with Crippen LogP contribution in [0.5, 0.6) is 17.2 Å². The van der Waals surface area contributed by atoms with Crippen molar-refractivity contribution in [3.8, 4) is 17.2 Å². The summed E-state index contributed by atoms with van der Waals surface area (Å²) in [4.78, 5) is 12.2. The molecule has 0 bridgehead atoms. The molecule has 0 aliphatic heterocycles. The molecule has 2 atom stereocenters. The molecule has 0 spiro atoms. The van der Waals surface area contributed by atoms with E-state index in [-0.39, 0.29) is 71.9 Å². The van der Waals surface area contributed by atoms with Gasteiger partial charge in [0.1, 0.15) is 53.9 Å². The van der Waals surface area contributed by atoms with Gasteiger partial charge in [-0.2, -0.15) is 0 Å². The van der Waals surface area contributed by atoms with Crippen molar-refractivity contribution in [2.75, 3.05) is 93.5 Å². The van der Waals surface area contributed by atoms with E-state index in [1.165, 1.54) is 28.1 Å². The molecule has 15 heteroatoms. The number of aliphatic hydroxyl groups is 4. The van der Waals surface area contributed by atoms with Crippen LogP contribution in [-0.4, -0.2) is 137 Å². The van der Waals surface area contributed by atoms with E-state index in [1.54, 1.807) is 100 Å². The van der Waals surface area contributed by atoms with E-state index in [0.29, 0.717) is 47.2 Å². The third-order valence-corrected chi connectivity index (χ3v) is 9.12. The smallest absolute Gasteiger partial charge is 0.224 e. The molecule has 3 aromatic rings. The Kier molecular flexibility index (Phi) is 19.6. The number of carbonyl (C=O) groups excluding carboxylic acids is 1. The van der Waals surface area contributed by atoms with Crippen molar-refractivity contribution in [3.63, 3.8) is 0 Å². The lowest BCUT2D eigenvalue weighted by atomic mass is 9.90. The van der Waals surface area contributed by atoms with Crippen LogP contribution in [-0.2, 0) is 44.7 Å². The highest BCUT2D eigenvalue weighted by molar-refractivity contribution is 6.01. The van der Waals surface area contributed by atoms with Crippen LogP contribution in [0, 0.1) is 0 Å². The molecule has 0 fully saturated rings. The number of aliphatic hydroxyl groups excluding tert-OH is 1. The molecular weight excluding hydrogens is 768 g/mol. The molecular formula is C44H64O15. The first kappa shape index (κ1) is 49.7. The summed E-state index contributed by atoms with van der Waals surface area (Å²) in [5, 5.41) is 41.0. The number of hydrogen-bond acceptors (Lipinski definition) is 15. The first-order valence-electron chi connectivity index (χ1n) is 19.6. The molecule has 0 amide bonds. The third kappa shape index (κ3) is 14.5. The van der Waals surface area contributed by atoms with Gasteiger partial charge in [0.25, 0.3) is 0 Å². The lowest BCUT2D eigenvalue weighted by Gasteiger charge is -2.42. The monoisotopic (exact) mass is 832 g/mol. The third-order valence-electron chi connectivity index (χ3n) is 9.12. The predicted molar refractivity (Wildman–Crippen MR) is 218 cm³/mol. The van der Waals surface area contributed by atoms with Gasteiger partial charge in [-0.15, -0.1) is 0 Å². The van der Waals surface area contributed by atoms with E-state index in [1.807, 2.05) is 0 Å². The van der Waals surface area contributed by atoms with Crippen molar-refractivity contribution < 1.29 is 72.6 Å². The van der Waals surface area contributed by atoms with Gasteiger partial charge in [0.05, 0.1) is 59.5 Å². The number of carbonyl (C=O) groups is 1. The molecule has 0 saturated heterocycles. The first-order valence-corrected chi connectivity index (χ1v) is 19.6. The Balaban J connectivity index is 1.43. The Hall–Kier alpha value is -3.71. The number of ether oxygens (including phenoxy) is 10. The van der Waals surface area contributed by atoms with Gasteiger partial charge in [-0.1, -0.05) is 0 Å². The Morgan fingerprint density at radius 2 is 0.797 bits per heavy atom. The van der Waals surface area contributed by atoms with Gasteiger partial charge < -0.3 is 67.8 Å². The van der Waals surface area contributed by atoms with E-state index in [2.05, 4.69) is 0 Å². The average Bonchev–Trinajstić information content (AvgIpc) is 3.19. The predicted octanol–water partition coefficient (Wildman–Crippen LogP) is 4.39. The zero-order valence-corrected chi connectivity index (χ0v) is 35.7. The van der Waals surface area contributed by atoms with Crippen LogP contribution >= 0.6 is 0 Å². The Morgan fingerprint density at radius 1 is 0.475 bits per heavy atom. The van der Waals surface area contributed by atoms with Crippen LogP contribution in [0.4, 0.5) is 0 Å². The molecule has 0 aliphatic carbocycles. The molecule has 0 saturated carbocycles.